The summed E-state index contributed by atoms with van der Waals surface area (Å²) in [5, 5.41) is 6.44. The molecule has 2 rings (SSSR count). The highest BCUT2D eigenvalue weighted by Gasteiger charge is 2.19. The number of piperidine rings is 1. The van der Waals surface area contributed by atoms with Crippen LogP contribution in [-0.2, 0) is 4.74 Å². The number of nitrogens with zero attached hydrogens (tertiary/aromatic N) is 2. The van der Waals surface area contributed by atoms with E-state index in [4.69, 9.17) is 4.74 Å². The molecular weight excluding hydrogens is 194 g/mol. The van der Waals surface area contributed by atoms with Gasteiger partial charge in [0, 0.05) is 26.3 Å². The van der Waals surface area contributed by atoms with E-state index in [1.54, 1.807) is 13.2 Å². The molecule has 1 aliphatic rings. The maximum Gasteiger partial charge on any atom is 0.264 e. The van der Waals surface area contributed by atoms with Crippen molar-refractivity contribution in [3.05, 3.63) is 22.5 Å². The van der Waals surface area contributed by atoms with Crippen LogP contribution in [0.25, 0.3) is 0 Å². The number of H-pyrrole nitrogens is 1. The molecular formula is C10H15N3O2. The molecule has 1 saturated heterocycles. The number of hydrogen-bond donors (Lipinski definition) is 1. The summed E-state index contributed by atoms with van der Waals surface area (Å²) in [6.45, 7) is 1.86. The van der Waals surface area contributed by atoms with Crippen LogP contribution in [0.15, 0.2) is 16.9 Å². The quantitative estimate of drug-likeness (QED) is 0.765. The molecule has 1 fully saturated rings. The minimum absolute atomic E-state index is 0.162. The summed E-state index contributed by atoms with van der Waals surface area (Å²) < 4.78 is 5.29. The van der Waals surface area contributed by atoms with E-state index < -0.39 is 0 Å². The molecule has 1 aromatic rings. The normalized spacial score (nSPS) is 18.1. The third kappa shape index (κ3) is 2.36. The van der Waals surface area contributed by atoms with Gasteiger partial charge >= 0.3 is 0 Å². The molecule has 0 unspecified atom stereocenters. The summed E-state index contributed by atoms with van der Waals surface area (Å²) in [5.74, 6) is 0.837. The van der Waals surface area contributed by atoms with E-state index in [1.165, 1.54) is 6.07 Å². The number of nitrogens with one attached hydrogen (secondary N) is 1. The van der Waals surface area contributed by atoms with Crippen LogP contribution in [-0.4, -0.2) is 36.5 Å². The molecule has 0 bridgehead atoms. The Bertz CT molecular complexity index is 349. The highest BCUT2D eigenvalue weighted by molar-refractivity contribution is 5.36. The molecule has 0 radical (unpaired) electrons. The highest BCUT2D eigenvalue weighted by Crippen LogP contribution is 2.17. The van der Waals surface area contributed by atoms with E-state index in [0.29, 0.717) is 6.10 Å². The first kappa shape index (κ1) is 10.2. The van der Waals surface area contributed by atoms with Gasteiger partial charge in [-0.05, 0) is 18.9 Å². The van der Waals surface area contributed by atoms with Crippen LogP contribution in [0.3, 0.4) is 0 Å². The lowest BCUT2D eigenvalue weighted by atomic mass is 10.1. The van der Waals surface area contributed by atoms with E-state index in [0.717, 1.165) is 31.7 Å². The third-order valence-electron chi connectivity index (χ3n) is 2.76. The van der Waals surface area contributed by atoms with Gasteiger partial charge in [-0.2, -0.15) is 5.10 Å². The Kier molecular flexibility index (Phi) is 3.01. The van der Waals surface area contributed by atoms with Gasteiger partial charge in [-0.1, -0.05) is 0 Å². The van der Waals surface area contributed by atoms with Crippen LogP contribution >= 0.6 is 0 Å². The fraction of sp³-hybridized carbons (Fsp3) is 0.600. The molecule has 0 saturated carbocycles. The van der Waals surface area contributed by atoms with Crippen molar-refractivity contribution in [2.45, 2.75) is 18.9 Å². The van der Waals surface area contributed by atoms with Crippen LogP contribution in [0.4, 0.5) is 5.82 Å². The molecule has 2 heterocycles. The zero-order chi connectivity index (χ0) is 10.7. The molecule has 82 valence electrons. The fourth-order valence-corrected chi connectivity index (χ4v) is 1.83. The SMILES string of the molecule is COC1CCN(c2ccc(=O)[nH]n2)CC1. The zero-order valence-corrected chi connectivity index (χ0v) is 8.77. The molecule has 1 N–H and O–H groups in total. The first-order chi connectivity index (χ1) is 7.29. The highest BCUT2D eigenvalue weighted by atomic mass is 16.5. The summed E-state index contributed by atoms with van der Waals surface area (Å²) >= 11 is 0. The smallest absolute Gasteiger partial charge is 0.264 e. The van der Waals surface area contributed by atoms with E-state index in [-0.39, 0.29) is 5.56 Å². The molecule has 0 amide bonds. The van der Waals surface area contributed by atoms with E-state index >= 15 is 0 Å². The Hall–Kier alpha value is -1.36. The van der Waals surface area contributed by atoms with Gasteiger partial charge in [0.05, 0.1) is 6.10 Å². The van der Waals surface area contributed by atoms with Crippen molar-refractivity contribution in [1.29, 1.82) is 0 Å². The molecule has 5 nitrogen and oxygen atoms in total. The Balaban J connectivity index is 2.01. The maximum absolute atomic E-state index is 10.8. The second-order valence-electron chi connectivity index (χ2n) is 3.70. The van der Waals surface area contributed by atoms with Gasteiger partial charge in [0.25, 0.3) is 5.56 Å². The number of aromatic amines is 1. The number of ether oxygens (including phenoxy) is 1. The molecule has 1 aliphatic heterocycles. The summed E-state index contributed by atoms with van der Waals surface area (Å²) in [6, 6.07) is 3.26. The molecule has 15 heavy (non-hydrogen) atoms. The summed E-state index contributed by atoms with van der Waals surface area (Å²) in [6.07, 6.45) is 2.39. The number of hydrogen-bond acceptors (Lipinski definition) is 4. The van der Waals surface area contributed by atoms with Gasteiger partial charge in [0.15, 0.2) is 0 Å². The van der Waals surface area contributed by atoms with Crippen molar-refractivity contribution in [2.75, 3.05) is 25.1 Å². The summed E-state index contributed by atoms with van der Waals surface area (Å²) in [5.41, 5.74) is -0.162. The molecule has 5 heteroatoms. The first-order valence-electron chi connectivity index (χ1n) is 5.13. The molecule has 0 atom stereocenters. The van der Waals surface area contributed by atoms with Crippen molar-refractivity contribution >= 4 is 5.82 Å². The van der Waals surface area contributed by atoms with E-state index in [1.807, 2.05) is 0 Å². The predicted molar refractivity (Wildman–Crippen MR) is 57.1 cm³/mol. The lowest BCUT2D eigenvalue weighted by Gasteiger charge is -2.31. The fourth-order valence-electron chi connectivity index (χ4n) is 1.83. The van der Waals surface area contributed by atoms with Crippen LogP contribution < -0.4 is 10.5 Å². The standard InChI is InChI=1S/C10H15N3O2/c1-15-8-4-6-13(7-5-8)9-2-3-10(14)12-11-9/h2-3,8H,4-7H2,1H3,(H,12,14). The van der Waals surface area contributed by atoms with Crippen LogP contribution in [0.5, 0.6) is 0 Å². The van der Waals surface area contributed by atoms with Crippen LogP contribution in [0, 0.1) is 0 Å². The Morgan fingerprint density at radius 1 is 1.47 bits per heavy atom. The number of anilines is 1. The van der Waals surface area contributed by atoms with Gasteiger partial charge in [0.2, 0.25) is 0 Å². The second-order valence-corrected chi connectivity index (χ2v) is 3.70. The van der Waals surface area contributed by atoms with Crippen molar-refractivity contribution in [2.24, 2.45) is 0 Å². The molecule has 0 spiro atoms. The second kappa shape index (κ2) is 4.44. The van der Waals surface area contributed by atoms with Crippen molar-refractivity contribution in [1.82, 2.24) is 10.2 Å². The first-order valence-corrected chi connectivity index (χ1v) is 5.13. The Labute approximate surface area is 88.1 Å². The number of methoxy groups -OCH3 is 1. The van der Waals surface area contributed by atoms with E-state index in [2.05, 4.69) is 15.1 Å². The third-order valence-corrected chi connectivity index (χ3v) is 2.76. The van der Waals surface area contributed by atoms with E-state index in [9.17, 15) is 4.79 Å². The number of rotatable bonds is 2. The van der Waals surface area contributed by atoms with Gasteiger partial charge in [-0.25, -0.2) is 5.10 Å². The summed E-state index contributed by atoms with van der Waals surface area (Å²) in [4.78, 5) is 13.0. The largest absolute Gasteiger partial charge is 0.381 e. The zero-order valence-electron chi connectivity index (χ0n) is 8.77. The van der Waals surface area contributed by atoms with Crippen molar-refractivity contribution in [3.63, 3.8) is 0 Å². The number of aromatic nitrogens is 2. The van der Waals surface area contributed by atoms with Crippen molar-refractivity contribution < 1.29 is 4.74 Å². The predicted octanol–water partition coefficient (Wildman–Crippen LogP) is 0.385. The Morgan fingerprint density at radius 2 is 2.20 bits per heavy atom. The van der Waals surface area contributed by atoms with Gasteiger partial charge in [-0.15, -0.1) is 0 Å². The topological polar surface area (TPSA) is 58.2 Å². The minimum Gasteiger partial charge on any atom is -0.381 e. The van der Waals surface area contributed by atoms with Crippen molar-refractivity contribution in [3.8, 4) is 0 Å². The molecule has 1 aromatic heterocycles. The lowest BCUT2D eigenvalue weighted by Crippen LogP contribution is -2.37. The average Bonchev–Trinajstić information content (AvgIpc) is 2.30. The Morgan fingerprint density at radius 3 is 2.73 bits per heavy atom. The summed E-state index contributed by atoms with van der Waals surface area (Å²) in [7, 11) is 1.75. The monoisotopic (exact) mass is 209 g/mol. The average molecular weight is 209 g/mol. The molecule has 0 aliphatic carbocycles. The maximum atomic E-state index is 10.8. The van der Waals surface area contributed by atoms with Gasteiger partial charge in [-0.3, -0.25) is 4.79 Å². The van der Waals surface area contributed by atoms with Crippen LogP contribution in [0.2, 0.25) is 0 Å². The van der Waals surface area contributed by atoms with Gasteiger partial charge < -0.3 is 9.64 Å². The minimum atomic E-state index is -0.162. The lowest BCUT2D eigenvalue weighted by molar-refractivity contribution is 0.0817. The molecule has 0 aromatic carbocycles. The van der Waals surface area contributed by atoms with Crippen LogP contribution in [0.1, 0.15) is 12.8 Å². The van der Waals surface area contributed by atoms with Gasteiger partial charge in [0.1, 0.15) is 5.82 Å².